The van der Waals surface area contributed by atoms with Crippen molar-refractivity contribution in [3.63, 3.8) is 0 Å². The predicted octanol–water partition coefficient (Wildman–Crippen LogP) is 3.80. The van der Waals surface area contributed by atoms with E-state index in [0.717, 1.165) is 3.57 Å². The molecule has 1 amide bonds. The normalized spacial score (nSPS) is 12.3. The summed E-state index contributed by atoms with van der Waals surface area (Å²) in [6, 6.07) is 5.34. The fourth-order valence-electron chi connectivity index (χ4n) is 1.33. The van der Waals surface area contributed by atoms with Crippen molar-refractivity contribution in [3.8, 4) is 0 Å². The van der Waals surface area contributed by atoms with Crippen LogP contribution in [0.2, 0.25) is 5.02 Å². The van der Waals surface area contributed by atoms with Crippen LogP contribution in [-0.2, 0) is 0 Å². The summed E-state index contributed by atoms with van der Waals surface area (Å²) in [4.78, 5) is 14.1. The van der Waals surface area contributed by atoms with Gasteiger partial charge in [-0.25, -0.2) is 0 Å². The number of amides is 1. The van der Waals surface area contributed by atoms with Gasteiger partial charge in [0.05, 0.1) is 5.56 Å². The van der Waals surface area contributed by atoms with E-state index in [9.17, 15) is 4.79 Å². The van der Waals surface area contributed by atoms with Gasteiger partial charge in [0.1, 0.15) is 0 Å². The van der Waals surface area contributed by atoms with Gasteiger partial charge >= 0.3 is 0 Å². The van der Waals surface area contributed by atoms with Crippen LogP contribution in [0.25, 0.3) is 0 Å². The van der Waals surface area contributed by atoms with E-state index in [4.69, 9.17) is 11.6 Å². The average Bonchev–Trinajstić information content (AvgIpc) is 2.19. The topological polar surface area (TPSA) is 20.3 Å². The number of hydrogen-bond acceptors (Lipinski definition) is 1. The Morgan fingerprint density at radius 2 is 2.25 bits per heavy atom. The number of carbonyl (C=O) groups excluding carboxylic acids is 1. The van der Waals surface area contributed by atoms with Gasteiger partial charge in [-0.1, -0.05) is 34.5 Å². The molecular weight excluding hydrogens is 404 g/mol. The van der Waals surface area contributed by atoms with Gasteiger partial charge in [-0.3, -0.25) is 4.79 Å². The maximum atomic E-state index is 12.1. The summed E-state index contributed by atoms with van der Waals surface area (Å²) in [7, 11) is 1.79. The molecule has 0 aliphatic heterocycles. The Balaban J connectivity index is 2.91. The van der Waals surface area contributed by atoms with Crippen LogP contribution in [0.15, 0.2) is 18.2 Å². The summed E-state index contributed by atoms with van der Waals surface area (Å²) in [6.45, 7) is 2.67. The molecule has 1 aromatic rings. The molecular formula is C11H12BrClINO. The van der Waals surface area contributed by atoms with Gasteiger partial charge in [0.2, 0.25) is 0 Å². The molecule has 0 radical (unpaired) electrons. The lowest BCUT2D eigenvalue weighted by molar-refractivity contribution is 0.0796. The quantitative estimate of drug-likeness (QED) is 0.542. The second kappa shape index (κ2) is 6.21. The number of alkyl halides is 1. The molecule has 0 fully saturated rings. The highest BCUT2D eigenvalue weighted by Crippen LogP contribution is 2.19. The fourth-order valence-corrected chi connectivity index (χ4v) is 2.50. The third kappa shape index (κ3) is 3.89. The number of halogens is 3. The van der Waals surface area contributed by atoms with E-state index in [1.54, 1.807) is 24.1 Å². The molecule has 0 heterocycles. The van der Waals surface area contributed by atoms with E-state index in [2.05, 4.69) is 38.5 Å². The third-order valence-electron chi connectivity index (χ3n) is 2.03. The Hall–Kier alpha value is 0.190. The van der Waals surface area contributed by atoms with E-state index in [1.165, 1.54) is 0 Å². The van der Waals surface area contributed by atoms with Gasteiger partial charge in [0, 0.05) is 27.0 Å². The summed E-state index contributed by atoms with van der Waals surface area (Å²) < 4.78 is 0.918. The summed E-state index contributed by atoms with van der Waals surface area (Å²) >= 11 is 11.5. The number of benzene rings is 1. The lowest BCUT2D eigenvalue weighted by Gasteiger charge is -2.19. The summed E-state index contributed by atoms with van der Waals surface area (Å²) in [5, 5.41) is 0.587. The first-order valence-corrected chi connectivity index (χ1v) is 7.13. The zero-order chi connectivity index (χ0) is 12.3. The maximum Gasteiger partial charge on any atom is 0.254 e. The molecule has 1 unspecified atom stereocenters. The van der Waals surface area contributed by atoms with Crippen LogP contribution in [0, 0.1) is 3.57 Å². The largest absolute Gasteiger partial charge is 0.341 e. The molecule has 1 rings (SSSR count). The van der Waals surface area contributed by atoms with Crippen molar-refractivity contribution in [2.75, 3.05) is 13.6 Å². The zero-order valence-electron chi connectivity index (χ0n) is 9.01. The van der Waals surface area contributed by atoms with Crippen molar-refractivity contribution in [1.82, 2.24) is 4.90 Å². The smallest absolute Gasteiger partial charge is 0.254 e. The molecule has 0 saturated carbocycles. The minimum atomic E-state index is -0.00167. The van der Waals surface area contributed by atoms with Gasteiger partial charge in [0.15, 0.2) is 0 Å². The van der Waals surface area contributed by atoms with E-state index in [1.807, 2.05) is 13.0 Å². The molecule has 0 aliphatic carbocycles. The summed E-state index contributed by atoms with van der Waals surface area (Å²) in [5.74, 6) is -0.00167. The van der Waals surface area contributed by atoms with E-state index < -0.39 is 0 Å². The van der Waals surface area contributed by atoms with Crippen LogP contribution in [0.1, 0.15) is 17.3 Å². The van der Waals surface area contributed by atoms with Crippen molar-refractivity contribution in [2.24, 2.45) is 0 Å². The van der Waals surface area contributed by atoms with Crippen LogP contribution >= 0.6 is 50.1 Å². The first-order valence-electron chi connectivity index (χ1n) is 4.76. The molecule has 0 bridgehead atoms. The standard InChI is InChI=1S/C11H12BrClINO/c1-7(12)6-15(2)11(16)9-5-8(13)3-4-10(9)14/h3-5,7H,6H2,1-2H3. The molecule has 5 heteroatoms. The highest BCUT2D eigenvalue weighted by Gasteiger charge is 2.16. The van der Waals surface area contributed by atoms with Gasteiger partial charge in [-0.15, -0.1) is 0 Å². The molecule has 16 heavy (non-hydrogen) atoms. The van der Waals surface area contributed by atoms with Gasteiger partial charge < -0.3 is 4.90 Å². The minimum Gasteiger partial charge on any atom is -0.341 e. The van der Waals surface area contributed by atoms with E-state index in [-0.39, 0.29) is 10.7 Å². The first-order chi connectivity index (χ1) is 7.41. The van der Waals surface area contributed by atoms with Crippen LogP contribution in [0.3, 0.4) is 0 Å². The maximum absolute atomic E-state index is 12.1. The van der Waals surface area contributed by atoms with Crippen molar-refractivity contribution in [3.05, 3.63) is 32.4 Å². The Kier molecular flexibility index (Phi) is 5.53. The molecule has 0 saturated heterocycles. The first kappa shape index (κ1) is 14.3. The highest BCUT2D eigenvalue weighted by atomic mass is 127. The lowest BCUT2D eigenvalue weighted by Crippen LogP contribution is -2.31. The van der Waals surface area contributed by atoms with Gasteiger partial charge in [-0.05, 0) is 40.8 Å². The SMILES string of the molecule is CC(Br)CN(C)C(=O)c1cc(Cl)ccc1I. The average molecular weight is 416 g/mol. The molecule has 2 nitrogen and oxygen atoms in total. The number of hydrogen-bond donors (Lipinski definition) is 0. The summed E-state index contributed by atoms with van der Waals surface area (Å²) in [5.41, 5.74) is 0.656. The molecule has 0 aromatic heterocycles. The van der Waals surface area contributed by atoms with E-state index >= 15 is 0 Å². The molecule has 88 valence electrons. The molecule has 1 aromatic carbocycles. The fraction of sp³-hybridized carbons (Fsp3) is 0.364. The molecule has 0 spiro atoms. The number of carbonyl (C=O) groups is 1. The third-order valence-corrected chi connectivity index (χ3v) is 3.50. The van der Waals surface area contributed by atoms with Crippen LogP contribution in [-0.4, -0.2) is 29.2 Å². The monoisotopic (exact) mass is 415 g/mol. The van der Waals surface area contributed by atoms with Crippen molar-refractivity contribution < 1.29 is 4.79 Å². The Morgan fingerprint density at radius 1 is 1.62 bits per heavy atom. The lowest BCUT2D eigenvalue weighted by atomic mass is 10.2. The molecule has 1 atom stereocenters. The van der Waals surface area contributed by atoms with Crippen molar-refractivity contribution in [2.45, 2.75) is 11.8 Å². The van der Waals surface area contributed by atoms with Crippen LogP contribution < -0.4 is 0 Å². The minimum absolute atomic E-state index is 0.00167. The van der Waals surface area contributed by atoms with Crippen LogP contribution in [0.4, 0.5) is 0 Å². The molecule has 0 aliphatic rings. The second-order valence-corrected chi connectivity index (χ2v) is 6.75. The number of rotatable bonds is 3. The Labute approximate surface area is 123 Å². The Bertz CT molecular complexity index is 398. The highest BCUT2D eigenvalue weighted by molar-refractivity contribution is 14.1. The predicted molar refractivity (Wildman–Crippen MR) is 79.5 cm³/mol. The summed E-state index contributed by atoms with van der Waals surface area (Å²) in [6.07, 6.45) is 0. The Morgan fingerprint density at radius 3 is 2.81 bits per heavy atom. The zero-order valence-corrected chi connectivity index (χ0v) is 13.5. The molecule has 0 N–H and O–H groups in total. The van der Waals surface area contributed by atoms with Crippen molar-refractivity contribution in [1.29, 1.82) is 0 Å². The van der Waals surface area contributed by atoms with Crippen molar-refractivity contribution >= 4 is 56.0 Å². The van der Waals surface area contributed by atoms with E-state index in [0.29, 0.717) is 17.1 Å². The van der Waals surface area contributed by atoms with Gasteiger partial charge in [-0.2, -0.15) is 0 Å². The second-order valence-electron chi connectivity index (χ2n) is 3.59. The number of nitrogens with zero attached hydrogens (tertiary/aromatic N) is 1. The van der Waals surface area contributed by atoms with Crippen LogP contribution in [0.5, 0.6) is 0 Å². The van der Waals surface area contributed by atoms with Gasteiger partial charge in [0.25, 0.3) is 5.91 Å².